The Balaban J connectivity index is 0.00000342. The first-order valence-electron chi connectivity index (χ1n) is 13.3. The molecule has 1 amide bonds. The first kappa shape index (κ1) is 27.4. The molecule has 2 aromatic rings. The molecule has 0 atom stereocenters. The van der Waals surface area contributed by atoms with Crippen molar-refractivity contribution in [3.05, 3.63) is 70.8 Å². The van der Waals surface area contributed by atoms with Crippen LogP contribution in [-0.2, 0) is 24.2 Å². The third-order valence-electron chi connectivity index (χ3n) is 7.66. The van der Waals surface area contributed by atoms with Crippen LogP contribution in [0.25, 0.3) is 0 Å². The Morgan fingerprint density at radius 3 is 2.31 bits per heavy atom. The van der Waals surface area contributed by atoms with Crippen molar-refractivity contribution in [2.45, 2.75) is 71.3 Å². The molecule has 0 bridgehead atoms. The Morgan fingerprint density at radius 1 is 0.886 bits per heavy atom. The van der Waals surface area contributed by atoms with Crippen molar-refractivity contribution in [1.82, 2.24) is 9.80 Å². The Bertz CT molecular complexity index is 954. The van der Waals surface area contributed by atoms with E-state index < -0.39 is 0 Å². The minimum absolute atomic E-state index is 0. The molecule has 4 rings (SSSR count). The lowest BCUT2D eigenvalue weighted by molar-refractivity contribution is -0.132. The Hall–Kier alpha value is -2.17. The fourth-order valence-corrected chi connectivity index (χ4v) is 5.38. The number of unbranched alkanes of at least 4 members (excludes halogenated alkanes) is 1. The van der Waals surface area contributed by atoms with Crippen LogP contribution in [0.3, 0.4) is 0 Å². The average Bonchev–Trinajstić information content (AvgIpc) is 3.08. The van der Waals surface area contributed by atoms with E-state index in [4.69, 9.17) is 0 Å². The SMILES string of the molecule is CCCCC(=O)N1CCC(CCC(=O)c2ccc3c(c2)CCN(Cc2ccccc2)CC3)CC1.Cl. The second kappa shape index (κ2) is 13.8. The summed E-state index contributed by atoms with van der Waals surface area (Å²) in [5.41, 5.74) is 4.98. The zero-order valence-electron chi connectivity index (χ0n) is 21.2. The molecule has 4 nitrogen and oxygen atoms in total. The normalized spacial score (nSPS) is 16.8. The van der Waals surface area contributed by atoms with Crippen LogP contribution in [0.2, 0.25) is 0 Å². The molecular formula is C30H41ClN2O2. The number of fused-ring (bicyclic) bond motifs is 1. The maximum Gasteiger partial charge on any atom is 0.222 e. The number of benzene rings is 2. The quantitative estimate of drug-likeness (QED) is 0.394. The number of carbonyl (C=O) groups is 2. The van der Waals surface area contributed by atoms with Crippen molar-refractivity contribution in [2.75, 3.05) is 26.2 Å². The second-order valence-corrected chi connectivity index (χ2v) is 10.1. The van der Waals surface area contributed by atoms with E-state index in [0.717, 1.165) is 83.2 Å². The van der Waals surface area contributed by atoms with E-state index in [9.17, 15) is 9.59 Å². The van der Waals surface area contributed by atoms with Crippen LogP contribution >= 0.6 is 12.4 Å². The maximum absolute atomic E-state index is 13.0. The highest BCUT2D eigenvalue weighted by Gasteiger charge is 2.23. The molecule has 1 fully saturated rings. The van der Waals surface area contributed by atoms with Crippen LogP contribution in [0.15, 0.2) is 48.5 Å². The van der Waals surface area contributed by atoms with Gasteiger partial charge in [-0.3, -0.25) is 14.5 Å². The monoisotopic (exact) mass is 496 g/mol. The van der Waals surface area contributed by atoms with Gasteiger partial charge in [-0.25, -0.2) is 0 Å². The first-order valence-corrected chi connectivity index (χ1v) is 13.3. The Morgan fingerprint density at radius 2 is 1.60 bits per heavy atom. The minimum atomic E-state index is 0. The molecule has 0 unspecified atom stereocenters. The van der Waals surface area contributed by atoms with Gasteiger partial charge in [-0.15, -0.1) is 12.4 Å². The van der Waals surface area contributed by atoms with E-state index in [2.05, 4.69) is 54.3 Å². The fourth-order valence-electron chi connectivity index (χ4n) is 5.38. The minimum Gasteiger partial charge on any atom is -0.343 e. The van der Waals surface area contributed by atoms with Gasteiger partial charge >= 0.3 is 0 Å². The van der Waals surface area contributed by atoms with Crippen LogP contribution in [-0.4, -0.2) is 47.7 Å². The number of halogens is 1. The molecule has 2 heterocycles. The summed E-state index contributed by atoms with van der Waals surface area (Å²) in [7, 11) is 0. The van der Waals surface area contributed by atoms with E-state index in [-0.39, 0.29) is 18.2 Å². The zero-order chi connectivity index (χ0) is 23.8. The van der Waals surface area contributed by atoms with E-state index in [1.807, 2.05) is 11.0 Å². The largest absolute Gasteiger partial charge is 0.343 e. The first-order chi connectivity index (χ1) is 16.6. The summed E-state index contributed by atoms with van der Waals surface area (Å²) in [4.78, 5) is 29.8. The summed E-state index contributed by atoms with van der Waals surface area (Å²) in [6.07, 6.45) is 8.42. The maximum atomic E-state index is 13.0. The average molecular weight is 497 g/mol. The van der Waals surface area contributed by atoms with Gasteiger partial charge in [0.05, 0.1) is 0 Å². The van der Waals surface area contributed by atoms with Crippen LogP contribution < -0.4 is 0 Å². The highest BCUT2D eigenvalue weighted by molar-refractivity contribution is 5.96. The summed E-state index contributed by atoms with van der Waals surface area (Å²) in [5.74, 6) is 1.14. The number of ketones is 1. The predicted molar refractivity (Wildman–Crippen MR) is 145 cm³/mol. The number of carbonyl (C=O) groups excluding carboxylic acids is 2. The molecule has 0 N–H and O–H groups in total. The van der Waals surface area contributed by atoms with Gasteiger partial charge in [-0.1, -0.05) is 55.8 Å². The van der Waals surface area contributed by atoms with Gasteiger partial charge in [0.15, 0.2) is 5.78 Å². The topological polar surface area (TPSA) is 40.6 Å². The molecule has 2 aromatic carbocycles. The van der Waals surface area contributed by atoms with Gasteiger partial charge in [0.1, 0.15) is 0 Å². The number of amides is 1. The lowest BCUT2D eigenvalue weighted by Gasteiger charge is -2.32. The van der Waals surface area contributed by atoms with Crippen molar-refractivity contribution in [2.24, 2.45) is 5.92 Å². The molecule has 2 aliphatic rings. The molecule has 0 aromatic heterocycles. The number of Topliss-reactive ketones (excluding diaryl/α,β-unsaturated/α-hetero) is 1. The molecule has 1 saturated heterocycles. The van der Waals surface area contributed by atoms with Crippen molar-refractivity contribution in [1.29, 1.82) is 0 Å². The summed E-state index contributed by atoms with van der Waals surface area (Å²) in [6.45, 7) is 6.94. The predicted octanol–water partition coefficient (Wildman–Crippen LogP) is 6.10. The van der Waals surface area contributed by atoms with Crippen LogP contribution in [0.4, 0.5) is 0 Å². The molecular weight excluding hydrogens is 456 g/mol. The molecule has 190 valence electrons. The van der Waals surface area contributed by atoms with Crippen LogP contribution in [0.1, 0.15) is 78.9 Å². The lowest BCUT2D eigenvalue weighted by atomic mass is 9.89. The van der Waals surface area contributed by atoms with Crippen molar-refractivity contribution in [3.63, 3.8) is 0 Å². The molecule has 0 saturated carbocycles. The third-order valence-corrected chi connectivity index (χ3v) is 7.66. The van der Waals surface area contributed by atoms with E-state index >= 15 is 0 Å². The molecule has 0 spiro atoms. The smallest absolute Gasteiger partial charge is 0.222 e. The summed E-state index contributed by atoms with van der Waals surface area (Å²) >= 11 is 0. The number of rotatable bonds is 9. The second-order valence-electron chi connectivity index (χ2n) is 10.1. The van der Waals surface area contributed by atoms with E-state index in [1.54, 1.807) is 0 Å². The van der Waals surface area contributed by atoms with Gasteiger partial charge in [0.2, 0.25) is 5.91 Å². The zero-order valence-corrected chi connectivity index (χ0v) is 22.0. The van der Waals surface area contributed by atoms with E-state index in [0.29, 0.717) is 24.7 Å². The van der Waals surface area contributed by atoms with Crippen LogP contribution in [0, 0.1) is 5.92 Å². The Kier molecular flexibility index (Phi) is 10.8. The third kappa shape index (κ3) is 7.91. The van der Waals surface area contributed by atoms with Crippen molar-refractivity contribution < 1.29 is 9.59 Å². The van der Waals surface area contributed by atoms with Gasteiger partial charge in [0, 0.05) is 51.1 Å². The van der Waals surface area contributed by atoms with Crippen LogP contribution in [0.5, 0.6) is 0 Å². The highest BCUT2D eigenvalue weighted by Crippen LogP contribution is 2.25. The number of nitrogens with zero attached hydrogens (tertiary/aromatic N) is 2. The van der Waals surface area contributed by atoms with Gasteiger partial charge in [-0.2, -0.15) is 0 Å². The molecule has 0 aliphatic carbocycles. The summed E-state index contributed by atoms with van der Waals surface area (Å²) in [6, 6.07) is 17.1. The number of likely N-dealkylation sites (tertiary alicyclic amines) is 1. The van der Waals surface area contributed by atoms with Crippen molar-refractivity contribution in [3.8, 4) is 0 Å². The molecule has 35 heavy (non-hydrogen) atoms. The molecule has 5 heteroatoms. The number of piperidine rings is 1. The Labute approximate surface area is 217 Å². The van der Waals surface area contributed by atoms with Crippen molar-refractivity contribution >= 4 is 24.1 Å². The highest BCUT2D eigenvalue weighted by atomic mass is 35.5. The van der Waals surface area contributed by atoms with E-state index in [1.165, 1.54) is 16.7 Å². The van der Waals surface area contributed by atoms with Gasteiger partial charge < -0.3 is 4.90 Å². The van der Waals surface area contributed by atoms with Gasteiger partial charge in [-0.05, 0) is 67.2 Å². The number of hydrogen-bond acceptors (Lipinski definition) is 3. The summed E-state index contributed by atoms with van der Waals surface area (Å²) in [5, 5.41) is 0. The number of hydrogen-bond donors (Lipinski definition) is 0. The van der Waals surface area contributed by atoms with Gasteiger partial charge in [0.25, 0.3) is 0 Å². The lowest BCUT2D eigenvalue weighted by Crippen LogP contribution is -2.38. The summed E-state index contributed by atoms with van der Waals surface area (Å²) < 4.78 is 0. The standard InChI is InChI=1S/C30H40N2O2.ClH/c1-2-3-9-30(34)32-20-14-24(15-21-32)10-13-29(33)28-12-11-26-16-18-31(19-17-27(26)22-28)23-25-7-5-4-6-8-25;/h4-8,11-12,22,24H,2-3,9-10,13-21,23H2,1H3;1H. The molecule has 0 radical (unpaired) electrons. The molecule has 2 aliphatic heterocycles. The fraction of sp³-hybridized carbons (Fsp3) is 0.533.